The van der Waals surface area contributed by atoms with Gasteiger partial charge in [-0.1, -0.05) is 6.92 Å². The second kappa shape index (κ2) is 11.2. The third-order valence-corrected chi connectivity index (χ3v) is 11.3. The molecule has 3 saturated heterocycles. The Labute approximate surface area is 256 Å². The Hall–Kier alpha value is -2.87. The smallest absolute Gasteiger partial charge is 0.377 e. The number of alkyl halides is 3. The van der Waals surface area contributed by atoms with Crippen LogP contribution >= 0.6 is 23.1 Å². The van der Waals surface area contributed by atoms with E-state index in [0.29, 0.717) is 52.2 Å². The summed E-state index contributed by atoms with van der Waals surface area (Å²) in [6.45, 7) is 5.60. The molecule has 228 valence electrons. The third-order valence-electron chi connectivity index (χ3n) is 9.06. The molecule has 2 aromatic heterocycles. The summed E-state index contributed by atoms with van der Waals surface area (Å²) in [5.74, 6) is 0.588. The molecule has 2 bridgehead atoms. The Morgan fingerprint density at radius 2 is 1.88 bits per heavy atom. The number of halogens is 3. The normalized spacial score (nSPS) is 22.9. The molecule has 3 fully saturated rings. The number of carbonyl (C=O) groups excluding carboxylic acids is 1. The minimum absolute atomic E-state index is 0.00993. The average Bonchev–Trinajstić information content (AvgIpc) is 3.40. The van der Waals surface area contributed by atoms with Crippen LogP contribution in [0.2, 0.25) is 0 Å². The lowest BCUT2D eigenvalue weighted by Crippen LogP contribution is -2.52. The molecule has 0 saturated carbocycles. The van der Waals surface area contributed by atoms with Crippen LogP contribution in [0.4, 0.5) is 30.5 Å². The van der Waals surface area contributed by atoms with Crippen molar-refractivity contribution in [2.24, 2.45) is 0 Å². The molecule has 1 N–H and O–H groups in total. The second-order valence-corrected chi connectivity index (χ2v) is 13.8. The summed E-state index contributed by atoms with van der Waals surface area (Å²) in [5.41, 5.74) is 1.81. The van der Waals surface area contributed by atoms with Crippen molar-refractivity contribution in [3.05, 3.63) is 46.5 Å². The number of benzene rings is 1. The summed E-state index contributed by atoms with van der Waals surface area (Å²) < 4.78 is 47.8. The first-order chi connectivity index (χ1) is 20.7. The molecule has 1 amide bonds. The number of anilines is 3. The molecule has 4 aliphatic heterocycles. The number of ether oxygens (including phenoxy) is 1. The Morgan fingerprint density at radius 3 is 2.56 bits per heavy atom. The van der Waals surface area contributed by atoms with Crippen LogP contribution < -0.4 is 10.2 Å². The number of thiophene rings is 1. The van der Waals surface area contributed by atoms with E-state index in [0.717, 1.165) is 54.0 Å². The fourth-order valence-corrected chi connectivity index (χ4v) is 8.78. The lowest BCUT2D eigenvalue weighted by Gasteiger charge is -2.40. The van der Waals surface area contributed by atoms with Crippen molar-refractivity contribution in [2.75, 3.05) is 55.9 Å². The first kappa shape index (κ1) is 28.9. The van der Waals surface area contributed by atoms with E-state index in [1.807, 2.05) is 6.07 Å². The number of aromatic nitrogens is 2. The van der Waals surface area contributed by atoms with Crippen molar-refractivity contribution in [1.82, 2.24) is 19.8 Å². The molecule has 8 nitrogen and oxygen atoms in total. The average molecular weight is 631 g/mol. The number of aryl methyl sites for hydroxylation is 1. The summed E-state index contributed by atoms with van der Waals surface area (Å²) in [6, 6.07) is 9.01. The van der Waals surface area contributed by atoms with Gasteiger partial charge in [0.1, 0.15) is 10.4 Å². The molecule has 0 spiro atoms. The maximum atomic E-state index is 14.2. The topological polar surface area (TPSA) is 73.8 Å². The van der Waals surface area contributed by atoms with Crippen LogP contribution in [0.15, 0.2) is 35.4 Å². The number of hydrogen-bond donors (Lipinski definition) is 1. The van der Waals surface area contributed by atoms with Gasteiger partial charge in [0.25, 0.3) is 5.91 Å². The Bertz CT molecular complexity index is 1530. The van der Waals surface area contributed by atoms with Crippen LogP contribution in [0.25, 0.3) is 10.6 Å². The Balaban J connectivity index is 1.18. The zero-order chi connectivity index (χ0) is 29.9. The molecule has 2 atom stereocenters. The predicted octanol–water partition coefficient (Wildman–Crippen LogP) is 5.76. The van der Waals surface area contributed by atoms with Crippen LogP contribution in [0, 0.1) is 0 Å². The van der Waals surface area contributed by atoms with Crippen molar-refractivity contribution in [3.8, 4) is 10.6 Å². The zero-order valence-electron chi connectivity index (χ0n) is 24.0. The number of hydrogen-bond acceptors (Lipinski definition) is 9. The van der Waals surface area contributed by atoms with Crippen LogP contribution in [0.5, 0.6) is 0 Å². The minimum Gasteiger partial charge on any atom is -0.377 e. The molecule has 2 unspecified atom stereocenters. The van der Waals surface area contributed by atoms with E-state index in [2.05, 4.69) is 51.2 Å². The van der Waals surface area contributed by atoms with E-state index in [1.54, 1.807) is 11.0 Å². The predicted molar refractivity (Wildman–Crippen MR) is 163 cm³/mol. The van der Waals surface area contributed by atoms with Gasteiger partial charge < -0.3 is 19.9 Å². The van der Waals surface area contributed by atoms with Crippen LogP contribution in [-0.4, -0.2) is 89.4 Å². The number of nitrogens with zero attached hydrogens (tertiary/aromatic N) is 5. The number of likely N-dealkylation sites (N-methyl/N-ethyl adjacent to an activating group) is 1. The van der Waals surface area contributed by atoms with Crippen molar-refractivity contribution in [2.45, 2.75) is 55.4 Å². The molecule has 7 rings (SSSR count). The van der Waals surface area contributed by atoms with Crippen molar-refractivity contribution < 1.29 is 22.7 Å². The van der Waals surface area contributed by atoms with Crippen LogP contribution in [-0.2, 0) is 17.3 Å². The van der Waals surface area contributed by atoms with Gasteiger partial charge in [-0.25, -0.2) is 9.97 Å². The van der Waals surface area contributed by atoms with E-state index >= 15 is 0 Å². The van der Waals surface area contributed by atoms with Crippen molar-refractivity contribution in [3.63, 3.8) is 0 Å². The zero-order valence-corrected chi connectivity index (χ0v) is 25.6. The molecule has 0 aliphatic carbocycles. The molecule has 0 radical (unpaired) electrons. The van der Waals surface area contributed by atoms with E-state index in [1.165, 1.54) is 24.6 Å². The van der Waals surface area contributed by atoms with Gasteiger partial charge in [0, 0.05) is 59.9 Å². The first-order valence-corrected chi connectivity index (χ1v) is 16.5. The van der Waals surface area contributed by atoms with Crippen LogP contribution in [0.3, 0.4) is 0 Å². The van der Waals surface area contributed by atoms with Gasteiger partial charge in [-0.2, -0.15) is 13.2 Å². The third kappa shape index (κ3) is 5.38. The summed E-state index contributed by atoms with van der Waals surface area (Å²) in [6.07, 6.45) is -0.634. The fraction of sp³-hybridized carbons (Fsp3) is 0.500. The van der Waals surface area contributed by atoms with Gasteiger partial charge in [0.2, 0.25) is 5.95 Å². The highest BCUT2D eigenvalue weighted by Gasteiger charge is 2.39. The number of rotatable bonds is 6. The van der Waals surface area contributed by atoms with Gasteiger partial charge in [0.05, 0.1) is 29.8 Å². The maximum Gasteiger partial charge on any atom is 0.420 e. The SMILES string of the molecule is CCc1cc(N2CC3CCC(C2)N3C)ccc1Nc1ncc(C(F)(F)F)c(-c2cc3c(s2)C(=O)N(C2COC2)CCS3)n1. The molecular formula is C30H33F3N6O2S2. The van der Waals surface area contributed by atoms with Gasteiger partial charge in [0.15, 0.2) is 0 Å². The highest BCUT2D eigenvalue weighted by molar-refractivity contribution is 7.99. The number of piperazine rings is 1. The highest BCUT2D eigenvalue weighted by Crippen LogP contribution is 2.44. The summed E-state index contributed by atoms with van der Waals surface area (Å²) in [7, 11) is 2.21. The van der Waals surface area contributed by atoms with Gasteiger partial charge in [-0.3, -0.25) is 9.69 Å². The molecule has 3 aromatic rings. The largest absolute Gasteiger partial charge is 0.420 e. The van der Waals surface area contributed by atoms with Crippen molar-refractivity contribution in [1.29, 1.82) is 0 Å². The summed E-state index contributed by atoms with van der Waals surface area (Å²) >= 11 is 2.55. The number of nitrogens with one attached hydrogen (secondary N) is 1. The number of carbonyl (C=O) groups is 1. The van der Waals surface area contributed by atoms with Gasteiger partial charge in [-0.15, -0.1) is 23.1 Å². The van der Waals surface area contributed by atoms with Crippen molar-refractivity contribution >= 4 is 46.3 Å². The fourth-order valence-electron chi connectivity index (χ4n) is 6.46. The summed E-state index contributed by atoms with van der Waals surface area (Å²) in [4.78, 5) is 30.0. The standard InChI is InChI=1S/C30H33F3N6O2S2/c1-3-17-10-18(38-13-19-4-5-20(14-38)37(19)2)6-7-23(17)35-29-34-12-22(30(31,32)33)26(36-29)24-11-25-27(43-24)28(40)39(8-9-42-25)21-15-41-16-21/h6-7,10-12,19-21H,3-5,8-9,13-16H2,1-2H3,(H,34,35,36). The molecular weight excluding hydrogens is 597 g/mol. The second-order valence-electron chi connectivity index (χ2n) is 11.6. The monoisotopic (exact) mass is 630 g/mol. The van der Waals surface area contributed by atoms with E-state index in [-0.39, 0.29) is 23.6 Å². The van der Waals surface area contributed by atoms with Gasteiger partial charge >= 0.3 is 6.18 Å². The minimum atomic E-state index is -4.65. The Kier molecular flexibility index (Phi) is 7.55. The van der Waals surface area contributed by atoms with E-state index in [4.69, 9.17) is 4.74 Å². The maximum absolute atomic E-state index is 14.2. The lowest BCUT2D eigenvalue weighted by atomic mass is 10.1. The van der Waals surface area contributed by atoms with Gasteiger partial charge in [-0.05, 0) is 56.1 Å². The number of thioether (sulfide) groups is 1. The number of fused-ring (bicyclic) bond motifs is 3. The quantitative estimate of drug-likeness (QED) is 0.369. The Morgan fingerprint density at radius 1 is 1.12 bits per heavy atom. The highest BCUT2D eigenvalue weighted by atomic mass is 32.2. The lowest BCUT2D eigenvalue weighted by molar-refractivity contribution is -0.137. The van der Waals surface area contributed by atoms with E-state index in [9.17, 15) is 18.0 Å². The number of amides is 1. The molecule has 4 aliphatic rings. The molecule has 6 heterocycles. The molecule has 13 heteroatoms. The molecule has 1 aromatic carbocycles. The molecule has 43 heavy (non-hydrogen) atoms. The first-order valence-electron chi connectivity index (χ1n) is 14.7. The van der Waals surface area contributed by atoms with Crippen LogP contribution in [0.1, 0.15) is 40.6 Å². The summed E-state index contributed by atoms with van der Waals surface area (Å²) in [5, 5.41) is 3.19. The van der Waals surface area contributed by atoms with E-state index < -0.39 is 11.7 Å².